The van der Waals surface area contributed by atoms with E-state index in [0.29, 0.717) is 21.5 Å². The number of benzene rings is 2. The average Bonchev–Trinajstić information content (AvgIpc) is 3.10. The van der Waals surface area contributed by atoms with Gasteiger partial charge < -0.3 is 4.57 Å². The second-order valence-electron chi connectivity index (χ2n) is 5.78. The molecule has 3 aromatic rings. The minimum Gasteiger partial charge on any atom is -0.336 e. The third kappa shape index (κ3) is 4.82. The third-order valence-electron chi connectivity index (χ3n) is 3.79. The molecule has 26 heavy (non-hydrogen) atoms. The Balaban J connectivity index is 1.91. The van der Waals surface area contributed by atoms with Crippen molar-refractivity contribution in [3.05, 3.63) is 76.8 Å². The van der Waals surface area contributed by atoms with Crippen molar-refractivity contribution in [2.75, 3.05) is 6.26 Å². The fraction of sp³-hybridized carbons (Fsp3) is 0.167. The zero-order chi connectivity index (χ0) is 18.7. The van der Waals surface area contributed by atoms with Crippen molar-refractivity contribution in [1.29, 1.82) is 0 Å². The van der Waals surface area contributed by atoms with Gasteiger partial charge in [0.1, 0.15) is 0 Å². The van der Waals surface area contributed by atoms with Crippen LogP contribution in [0.15, 0.2) is 71.0 Å². The Morgan fingerprint density at radius 2 is 1.85 bits per heavy atom. The Kier molecular flexibility index (Phi) is 5.97. The zero-order valence-corrected chi connectivity index (χ0v) is 17.0. The minimum atomic E-state index is -3.22. The highest BCUT2D eigenvalue weighted by molar-refractivity contribution is 7.99. The summed E-state index contributed by atoms with van der Waals surface area (Å²) in [6.07, 6.45) is 6.59. The first-order valence-corrected chi connectivity index (χ1v) is 11.2. The number of hydrogen-bond acceptors (Lipinski definition) is 4. The summed E-state index contributed by atoms with van der Waals surface area (Å²) >= 11 is 13.8. The van der Waals surface area contributed by atoms with Gasteiger partial charge in [-0.15, -0.1) is 11.8 Å². The molecule has 3 rings (SSSR count). The highest BCUT2D eigenvalue weighted by Gasteiger charge is 2.16. The fourth-order valence-electron chi connectivity index (χ4n) is 2.44. The van der Waals surface area contributed by atoms with Crippen LogP contribution in [0.3, 0.4) is 0 Å². The molecule has 0 N–H and O–H groups in total. The van der Waals surface area contributed by atoms with Crippen LogP contribution in [0.1, 0.15) is 10.8 Å². The summed E-state index contributed by atoms with van der Waals surface area (Å²) < 4.78 is 25.4. The van der Waals surface area contributed by atoms with Gasteiger partial charge in [-0.3, -0.25) is 0 Å². The van der Waals surface area contributed by atoms with Gasteiger partial charge in [0.15, 0.2) is 9.84 Å². The standard InChI is InChI=1S/C18H16Cl2N2O2S2/c1-26(23,24)15-5-2-13(3-6-15)18(11-22-9-8-21-12-22)25-14-4-7-16(19)17(20)10-14/h2-10,12,18H,11H2,1H3. The van der Waals surface area contributed by atoms with Gasteiger partial charge in [-0.05, 0) is 35.9 Å². The maximum atomic E-state index is 11.7. The lowest BCUT2D eigenvalue weighted by molar-refractivity contribution is 0.602. The monoisotopic (exact) mass is 426 g/mol. The normalized spacial score (nSPS) is 12.9. The molecule has 0 spiro atoms. The summed E-state index contributed by atoms with van der Waals surface area (Å²) in [6, 6.07) is 12.5. The first kappa shape index (κ1) is 19.3. The number of hydrogen-bond donors (Lipinski definition) is 0. The van der Waals surface area contributed by atoms with Gasteiger partial charge in [-0.2, -0.15) is 0 Å². The van der Waals surface area contributed by atoms with Crippen LogP contribution in [0.5, 0.6) is 0 Å². The highest BCUT2D eigenvalue weighted by Crippen LogP contribution is 2.39. The number of imidazole rings is 1. The molecule has 0 saturated carbocycles. The van der Waals surface area contributed by atoms with Gasteiger partial charge in [-0.25, -0.2) is 13.4 Å². The van der Waals surface area contributed by atoms with Crippen molar-refractivity contribution in [3.63, 3.8) is 0 Å². The Hall–Kier alpha value is -1.47. The maximum Gasteiger partial charge on any atom is 0.175 e. The fourth-order valence-corrected chi connectivity index (χ4v) is 4.64. The smallest absolute Gasteiger partial charge is 0.175 e. The first-order valence-electron chi connectivity index (χ1n) is 7.70. The van der Waals surface area contributed by atoms with Crippen molar-refractivity contribution in [2.24, 2.45) is 0 Å². The van der Waals surface area contributed by atoms with Crippen molar-refractivity contribution < 1.29 is 8.42 Å². The summed E-state index contributed by atoms with van der Waals surface area (Å²) in [5, 5.41) is 1.07. The summed E-state index contributed by atoms with van der Waals surface area (Å²) in [5.41, 5.74) is 1.02. The molecule has 0 aliphatic rings. The number of thioether (sulfide) groups is 1. The molecule has 1 heterocycles. The predicted molar refractivity (Wildman–Crippen MR) is 107 cm³/mol. The van der Waals surface area contributed by atoms with Crippen molar-refractivity contribution >= 4 is 44.8 Å². The maximum absolute atomic E-state index is 11.7. The van der Waals surface area contributed by atoms with Crippen LogP contribution in [0, 0.1) is 0 Å². The van der Waals surface area contributed by atoms with Crippen LogP contribution in [0.2, 0.25) is 10.0 Å². The molecular weight excluding hydrogens is 411 g/mol. The molecule has 2 aromatic carbocycles. The zero-order valence-electron chi connectivity index (χ0n) is 13.8. The summed E-state index contributed by atoms with van der Waals surface area (Å²) in [5.74, 6) is 0. The van der Waals surface area contributed by atoms with Gasteiger partial charge in [0.2, 0.25) is 0 Å². The number of sulfone groups is 1. The largest absolute Gasteiger partial charge is 0.336 e. The molecule has 8 heteroatoms. The van der Waals surface area contributed by atoms with E-state index in [2.05, 4.69) is 4.98 Å². The molecule has 136 valence electrons. The molecular formula is C18H16Cl2N2O2S2. The van der Waals surface area contributed by atoms with Crippen molar-refractivity contribution in [2.45, 2.75) is 21.6 Å². The van der Waals surface area contributed by atoms with Crippen LogP contribution in [-0.2, 0) is 16.4 Å². The number of aromatic nitrogens is 2. The summed E-state index contributed by atoms with van der Waals surface area (Å²) in [6.45, 7) is 0.684. The molecule has 0 radical (unpaired) electrons. The van der Waals surface area contributed by atoms with Crippen molar-refractivity contribution in [3.8, 4) is 0 Å². The minimum absolute atomic E-state index is 0.0510. The Morgan fingerprint density at radius 1 is 1.12 bits per heavy atom. The molecule has 0 saturated heterocycles. The van der Waals surface area contributed by atoms with Gasteiger partial charge in [0, 0.05) is 30.1 Å². The first-order chi connectivity index (χ1) is 12.3. The van der Waals surface area contributed by atoms with E-state index in [1.165, 1.54) is 6.26 Å². The van der Waals surface area contributed by atoms with Crippen LogP contribution in [-0.4, -0.2) is 24.2 Å². The van der Waals surface area contributed by atoms with Crippen LogP contribution in [0.25, 0.3) is 0 Å². The number of rotatable bonds is 6. The molecule has 1 aromatic heterocycles. The highest BCUT2D eigenvalue weighted by atomic mass is 35.5. The molecule has 0 aliphatic heterocycles. The van der Waals surface area contributed by atoms with E-state index in [1.54, 1.807) is 42.5 Å². The molecule has 0 aliphatic carbocycles. The van der Waals surface area contributed by atoms with E-state index < -0.39 is 9.84 Å². The van der Waals surface area contributed by atoms with E-state index in [9.17, 15) is 8.42 Å². The van der Waals surface area contributed by atoms with Gasteiger partial charge >= 0.3 is 0 Å². The summed E-state index contributed by atoms with van der Waals surface area (Å²) in [4.78, 5) is 5.37. The molecule has 0 fully saturated rings. The average molecular weight is 427 g/mol. The van der Waals surface area contributed by atoms with Crippen LogP contribution < -0.4 is 0 Å². The van der Waals surface area contributed by atoms with E-state index in [4.69, 9.17) is 23.2 Å². The third-order valence-corrected chi connectivity index (χ3v) is 6.88. The molecule has 0 amide bonds. The van der Waals surface area contributed by atoms with Gasteiger partial charge in [0.25, 0.3) is 0 Å². The SMILES string of the molecule is CS(=O)(=O)c1ccc(C(Cn2ccnc2)Sc2ccc(Cl)c(Cl)c2)cc1. The lowest BCUT2D eigenvalue weighted by Crippen LogP contribution is -2.06. The lowest BCUT2D eigenvalue weighted by atomic mass is 10.1. The lowest BCUT2D eigenvalue weighted by Gasteiger charge is -2.18. The molecule has 4 nitrogen and oxygen atoms in total. The van der Waals surface area contributed by atoms with Gasteiger partial charge in [0.05, 0.1) is 26.5 Å². The van der Waals surface area contributed by atoms with E-state index in [1.807, 2.05) is 35.0 Å². The van der Waals surface area contributed by atoms with Gasteiger partial charge in [-0.1, -0.05) is 35.3 Å². The quantitative estimate of drug-likeness (QED) is 0.512. The summed E-state index contributed by atoms with van der Waals surface area (Å²) in [7, 11) is -3.22. The molecule has 1 atom stereocenters. The van der Waals surface area contributed by atoms with Crippen molar-refractivity contribution in [1.82, 2.24) is 9.55 Å². The molecule has 0 bridgehead atoms. The number of nitrogens with zero attached hydrogens (tertiary/aromatic N) is 2. The second kappa shape index (κ2) is 8.05. The van der Waals surface area contributed by atoms with E-state index in [0.717, 1.165) is 10.5 Å². The predicted octanol–water partition coefficient (Wildman–Crippen LogP) is 5.13. The Morgan fingerprint density at radius 3 is 2.42 bits per heavy atom. The van der Waals surface area contributed by atoms with E-state index in [-0.39, 0.29) is 5.25 Å². The second-order valence-corrected chi connectivity index (χ2v) is 9.89. The van der Waals surface area contributed by atoms with Crippen LogP contribution in [0.4, 0.5) is 0 Å². The Bertz CT molecular complexity index is 989. The van der Waals surface area contributed by atoms with Crippen LogP contribution >= 0.6 is 35.0 Å². The topological polar surface area (TPSA) is 52.0 Å². The number of halogens is 2. The molecule has 1 unspecified atom stereocenters. The van der Waals surface area contributed by atoms with E-state index >= 15 is 0 Å². The Labute approximate surface area is 167 Å².